The van der Waals surface area contributed by atoms with E-state index in [1.54, 1.807) is 0 Å². The second-order valence-electron chi connectivity index (χ2n) is 7.45. The minimum atomic E-state index is 0.272. The van der Waals surface area contributed by atoms with E-state index in [9.17, 15) is 0 Å². The molecule has 25 heavy (non-hydrogen) atoms. The number of rotatable bonds is 6. The molecule has 0 amide bonds. The molecule has 132 valence electrons. The highest BCUT2D eigenvalue weighted by Gasteiger charge is 2.44. The van der Waals surface area contributed by atoms with Gasteiger partial charge < -0.3 is 4.74 Å². The van der Waals surface area contributed by atoms with Crippen LogP contribution in [-0.4, -0.2) is 54.7 Å². The Labute approximate surface area is 151 Å². The van der Waals surface area contributed by atoms with Crippen LogP contribution >= 0.6 is 0 Å². The van der Waals surface area contributed by atoms with Crippen LogP contribution < -0.4 is 0 Å². The molecule has 2 aliphatic heterocycles. The third kappa shape index (κ3) is 3.95. The van der Waals surface area contributed by atoms with E-state index >= 15 is 0 Å². The summed E-state index contributed by atoms with van der Waals surface area (Å²) in [5.41, 5.74) is 3.13. The number of ether oxygens (including phenoxy) is 1. The fourth-order valence-corrected chi connectivity index (χ4v) is 4.07. The van der Waals surface area contributed by atoms with Crippen LogP contribution in [0.5, 0.6) is 0 Å². The number of aryl methyl sites for hydroxylation is 1. The van der Waals surface area contributed by atoms with Crippen molar-refractivity contribution < 1.29 is 4.74 Å². The lowest BCUT2D eigenvalue weighted by atomic mass is 9.87. The third-order valence-electron chi connectivity index (χ3n) is 5.76. The van der Waals surface area contributed by atoms with Crippen LogP contribution in [-0.2, 0) is 17.7 Å². The summed E-state index contributed by atoms with van der Waals surface area (Å²) in [6.07, 6.45) is 2.35. The summed E-state index contributed by atoms with van der Waals surface area (Å²) < 4.78 is 5.65. The molecule has 0 bridgehead atoms. The van der Waals surface area contributed by atoms with Gasteiger partial charge in [-0.1, -0.05) is 60.7 Å². The third-order valence-corrected chi connectivity index (χ3v) is 5.76. The molecule has 0 aliphatic carbocycles. The van der Waals surface area contributed by atoms with Crippen LogP contribution in [0, 0.1) is 0 Å². The van der Waals surface area contributed by atoms with Gasteiger partial charge >= 0.3 is 0 Å². The first kappa shape index (κ1) is 16.8. The maximum absolute atomic E-state index is 5.65. The Morgan fingerprint density at radius 2 is 1.36 bits per heavy atom. The summed E-state index contributed by atoms with van der Waals surface area (Å²) in [4.78, 5) is 5.27. The summed E-state index contributed by atoms with van der Waals surface area (Å²) in [7, 11) is 0. The second-order valence-corrected chi connectivity index (χ2v) is 7.45. The summed E-state index contributed by atoms with van der Waals surface area (Å²) in [6.45, 7) is 7.50. The van der Waals surface area contributed by atoms with E-state index in [-0.39, 0.29) is 5.54 Å². The van der Waals surface area contributed by atoms with Crippen molar-refractivity contribution in [3.8, 4) is 0 Å². The first-order chi connectivity index (χ1) is 12.3. The first-order valence-corrected chi connectivity index (χ1v) is 9.47. The molecule has 2 heterocycles. The molecule has 0 N–H and O–H groups in total. The average molecular weight is 336 g/mol. The van der Waals surface area contributed by atoms with Gasteiger partial charge in [0.1, 0.15) is 0 Å². The molecule has 3 heteroatoms. The Hall–Kier alpha value is -1.68. The van der Waals surface area contributed by atoms with E-state index in [4.69, 9.17) is 4.74 Å². The molecular formula is C22H28N2O. The van der Waals surface area contributed by atoms with Crippen LogP contribution in [0.1, 0.15) is 17.5 Å². The van der Waals surface area contributed by atoms with E-state index < -0.39 is 0 Å². The van der Waals surface area contributed by atoms with Gasteiger partial charge in [0.05, 0.1) is 18.8 Å². The van der Waals surface area contributed by atoms with Crippen molar-refractivity contribution in [1.82, 2.24) is 9.80 Å². The number of benzene rings is 2. The van der Waals surface area contributed by atoms with Crippen molar-refractivity contribution in [3.05, 3.63) is 71.8 Å². The zero-order chi connectivity index (χ0) is 17.0. The number of piperazine rings is 1. The first-order valence-electron chi connectivity index (χ1n) is 9.47. The van der Waals surface area contributed by atoms with Gasteiger partial charge in [0.25, 0.3) is 0 Å². The molecule has 0 aromatic heterocycles. The van der Waals surface area contributed by atoms with Crippen LogP contribution in [0.2, 0.25) is 0 Å². The monoisotopic (exact) mass is 336 g/mol. The van der Waals surface area contributed by atoms with Crippen LogP contribution in [0.4, 0.5) is 0 Å². The van der Waals surface area contributed by atoms with E-state index in [1.165, 1.54) is 17.5 Å². The van der Waals surface area contributed by atoms with Crippen molar-refractivity contribution in [2.24, 2.45) is 0 Å². The average Bonchev–Trinajstić information content (AvgIpc) is 2.64. The van der Waals surface area contributed by atoms with E-state index in [1.807, 2.05) is 0 Å². The van der Waals surface area contributed by atoms with Crippen molar-refractivity contribution in [2.75, 3.05) is 39.4 Å². The SMILES string of the molecule is c1ccc(CCC2(N3CCN(Cc4ccccc4)CC3)COC2)cc1. The molecular weight excluding hydrogens is 308 g/mol. The van der Waals surface area contributed by atoms with Gasteiger partial charge in [0, 0.05) is 32.7 Å². The Morgan fingerprint density at radius 1 is 0.760 bits per heavy atom. The summed E-state index contributed by atoms with van der Waals surface area (Å²) >= 11 is 0. The van der Waals surface area contributed by atoms with Gasteiger partial charge in [0.2, 0.25) is 0 Å². The predicted molar refractivity (Wildman–Crippen MR) is 102 cm³/mol. The normalized spacial score (nSPS) is 21.0. The van der Waals surface area contributed by atoms with Crippen molar-refractivity contribution in [3.63, 3.8) is 0 Å². The molecule has 0 unspecified atom stereocenters. The quantitative estimate of drug-likeness (QED) is 0.806. The van der Waals surface area contributed by atoms with Crippen LogP contribution in [0.15, 0.2) is 60.7 Å². The Kier molecular flexibility index (Phi) is 5.16. The lowest BCUT2D eigenvalue weighted by Gasteiger charge is -2.52. The summed E-state index contributed by atoms with van der Waals surface area (Å²) in [6, 6.07) is 21.7. The highest BCUT2D eigenvalue weighted by Crippen LogP contribution is 2.31. The van der Waals surface area contributed by atoms with Crippen molar-refractivity contribution in [2.45, 2.75) is 24.9 Å². The smallest absolute Gasteiger partial charge is 0.0682 e. The molecule has 3 nitrogen and oxygen atoms in total. The largest absolute Gasteiger partial charge is 0.377 e. The van der Waals surface area contributed by atoms with Gasteiger partial charge in [-0.2, -0.15) is 0 Å². The van der Waals surface area contributed by atoms with E-state index in [0.717, 1.165) is 52.4 Å². The zero-order valence-corrected chi connectivity index (χ0v) is 14.9. The molecule has 2 aliphatic rings. The standard InChI is InChI=1S/C22H28N2O/c1-3-7-20(8-4-1)11-12-22(18-25-19-22)24-15-13-23(14-16-24)17-21-9-5-2-6-10-21/h1-10H,11-19H2. The predicted octanol–water partition coefficient (Wildman–Crippen LogP) is 3.21. The van der Waals surface area contributed by atoms with Gasteiger partial charge in [-0.25, -0.2) is 0 Å². The molecule has 0 saturated carbocycles. The Morgan fingerprint density at radius 3 is 1.92 bits per heavy atom. The lowest BCUT2D eigenvalue weighted by Crippen LogP contribution is -2.66. The van der Waals surface area contributed by atoms with E-state index in [2.05, 4.69) is 70.5 Å². The number of nitrogens with zero attached hydrogens (tertiary/aromatic N) is 2. The fourth-order valence-electron chi connectivity index (χ4n) is 4.07. The maximum Gasteiger partial charge on any atom is 0.0682 e. The molecule has 2 saturated heterocycles. The maximum atomic E-state index is 5.65. The lowest BCUT2D eigenvalue weighted by molar-refractivity contribution is -0.153. The molecule has 0 radical (unpaired) electrons. The van der Waals surface area contributed by atoms with Gasteiger partial charge in [0.15, 0.2) is 0 Å². The van der Waals surface area contributed by atoms with Crippen LogP contribution in [0.3, 0.4) is 0 Å². The number of hydrogen-bond acceptors (Lipinski definition) is 3. The highest BCUT2D eigenvalue weighted by molar-refractivity contribution is 5.16. The minimum Gasteiger partial charge on any atom is -0.377 e. The minimum absolute atomic E-state index is 0.272. The van der Waals surface area contributed by atoms with Gasteiger partial charge in [-0.15, -0.1) is 0 Å². The number of hydrogen-bond donors (Lipinski definition) is 0. The molecule has 4 rings (SSSR count). The second kappa shape index (κ2) is 7.69. The molecule has 2 aromatic rings. The van der Waals surface area contributed by atoms with E-state index in [0.29, 0.717) is 0 Å². The molecule has 2 fully saturated rings. The molecule has 0 spiro atoms. The van der Waals surface area contributed by atoms with Crippen molar-refractivity contribution >= 4 is 0 Å². The fraction of sp³-hybridized carbons (Fsp3) is 0.455. The Bertz CT molecular complexity index is 646. The molecule has 2 aromatic carbocycles. The van der Waals surface area contributed by atoms with Crippen LogP contribution in [0.25, 0.3) is 0 Å². The summed E-state index contributed by atoms with van der Waals surface area (Å²) in [5, 5.41) is 0. The topological polar surface area (TPSA) is 15.7 Å². The zero-order valence-electron chi connectivity index (χ0n) is 14.9. The van der Waals surface area contributed by atoms with Gasteiger partial charge in [-0.3, -0.25) is 9.80 Å². The summed E-state index contributed by atoms with van der Waals surface area (Å²) in [5.74, 6) is 0. The van der Waals surface area contributed by atoms with Gasteiger partial charge in [-0.05, 0) is 24.0 Å². The molecule has 0 atom stereocenters. The van der Waals surface area contributed by atoms with Crippen molar-refractivity contribution in [1.29, 1.82) is 0 Å². The Balaban J connectivity index is 1.31. The highest BCUT2D eigenvalue weighted by atomic mass is 16.5.